The van der Waals surface area contributed by atoms with E-state index in [0.29, 0.717) is 13.0 Å². The van der Waals surface area contributed by atoms with Gasteiger partial charge in [-0.2, -0.15) is 0 Å². The van der Waals surface area contributed by atoms with E-state index < -0.39 is 11.5 Å². The van der Waals surface area contributed by atoms with Crippen molar-refractivity contribution in [3.8, 4) is 0 Å². The van der Waals surface area contributed by atoms with Crippen LogP contribution in [0.4, 0.5) is 4.79 Å². The minimum atomic E-state index is -1.08. The van der Waals surface area contributed by atoms with E-state index in [4.69, 9.17) is 0 Å². The molecule has 19 heavy (non-hydrogen) atoms. The number of hydrogen-bond acceptors (Lipinski definition) is 2. The Morgan fingerprint density at radius 3 is 2.37 bits per heavy atom. The first-order valence-electron chi connectivity index (χ1n) is 6.90. The number of amides is 2. The maximum absolute atomic E-state index is 12.3. The van der Waals surface area contributed by atoms with Crippen LogP contribution in [0.5, 0.6) is 0 Å². The van der Waals surface area contributed by atoms with Gasteiger partial charge in [0.15, 0.2) is 0 Å². The third-order valence-electron chi connectivity index (χ3n) is 4.24. The molecule has 5 nitrogen and oxygen atoms in total. The lowest BCUT2D eigenvalue weighted by Gasteiger charge is -2.42. The third kappa shape index (κ3) is 3.39. The van der Waals surface area contributed by atoms with Gasteiger partial charge in [-0.15, -0.1) is 0 Å². The molecule has 1 saturated heterocycles. The maximum atomic E-state index is 12.3. The average molecular weight is 270 g/mol. The summed E-state index contributed by atoms with van der Waals surface area (Å²) in [5.41, 5.74) is -1.13. The molecule has 2 N–H and O–H groups in total. The first-order chi connectivity index (χ1) is 8.59. The highest BCUT2D eigenvalue weighted by molar-refractivity contribution is 5.86. The smallest absolute Gasteiger partial charge is 0.329 e. The van der Waals surface area contributed by atoms with Crippen molar-refractivity contribution < 1.29 is 14.7 Å². The highest BCUT2D eigenvalue weighted by Gasteiger charge is 2.44. The summed E-state index contributed by atoms with van der Waals surface area (Å²) in [6.07, 6.45) is 2.22. The molecular weight excluding hydrogens is 244 g/mol. The van der Waals surface area contributed by atoms with E-state index in [1.54, 1.807) is 6.92 Å². The lowest BCUT2D eigenvalue weighted by Crippen LogP contribution is -2.61. The second-order valence-electron chi connectivity index (χ2n) is 6.72. The molecule has 0 aliphatic carbocycles. The summed E-state index contributed by atoms with van der Waals surface area (Å²) in [6.45, 7) is 10.2. The summed E-state index contributed by atoms with van der Waals surface area (Å²) in [7, 11) is 0. The van der Waals surface area contributed by atoms with Gasteiger partial charge < -0.3 is 15.3 Å². The van der Waals surface area contributed by atoms with E-state index in [9.17, 15) is 14.7 Å². The molecule has 0 saturated carbocycles. The molecule has 0 spiro atoms. The molecule has 2 amide bonds. The van der Waals surface area contributed by atoms with Gasteiger partial charge in [0.1, 0.15) is 5.54 Å². The number of nitrogens with one attached hydrogen (secondary N) is 1. The van der Waals surface area contributed by atoms with Crippen LogP contribution >= 0.6 is 0 Å². The standard InChI is InChI=1S/C14H26N2O3/c1-10(13(2,3)4)15-12(19)16-9-7-6-8-14(16,5)11(17)18/h10H,6-9H2,1-5H3,(H,15,19)(H,17,18). The van der Waals surface area contributed by atoms with E-state index >= 15 is 0 Å². The molecule has 1 aliphatic heterocycles. The number of aliphatic carboxylic acids is 1. The predicted octanol–water partition coefficient (Wildman–Crippen LogP) is 2.46. The fourth-order valence-corrected chi connectivity index (χ4v) is 2.15. The zero-order valence-corrected chi connectivity index (χ0v) is 12.6. The van der Waals surface area contributed by atoms with Gasteiger partial charge in [-0.05, 0) is 38.5 Å². The number of carbonyl (C=O) groups excluding carboxylic acids is 1. The molecular formula is C14H26N2O3. The predicted molar refractivity (Wildman–Crippen MR) is 74.0 cm³/mol. The van der Waals surface area contributed by atoms with E-state index in [1.165, 1.54) is 4.90 Å². The maximum Gasteiger partial charge on any atom is 0.329 e. The van der Waals surface area contributed by atoms with Gasteiger partial charge in [0.2, 0.25) is 0 Å². The van der Waals surface area contributed by atoms with Crippen molar-refractivity contribution in [2.24, 2.45) is 5.41 Å². The number of carbonyl (C=O) groups is 2. The zero-order valence-electron chi connectivity index (χ0n) is 12.6. The Labute approximate surface area is 115 Å². The number of piperidine rings is 1. The number of likely N-dealkylation sites (tertiary alicyclic amines) is 1. The molecule has 5 heteroatoms. The van der Waals surface area contributed by atoms with Crippen LogP contribution in [0.2, 0.25) is 0 Å². The molecule has 110 valence electrons. The Balaban J connectivity index is 2.82. The third-order valence-corrected chi connectivity index (χ3v) is 4.24. The van der Waals surface area contributed by atoms with E-state index in [0.717, 1.165) is 12.8 Å². The molecule has 1 heterocycles. The van der Waals surface area contributed by atoms with Crippen LogP contribution in [-0.4, -0.2) is 40.1 Å². The molecule has 0 aromatic heterocycles. The Bertz CT molecular complexity index is 362. The summed E-state index contributed by atoms with van der Waals surface area (Å²) < 4.78 is 0. The SMILES string of the molecule is CC(NC(=O)N1CCCCC1(C)C(=O)O)C(C)(C)C. The number of urea groups is 1. The fourth-order valence-electron chi connectivity index (χ4n) is 2.15. The largest absolute Gasteiger partial charge is 0.480 e. The van der Waals surface area contributed by atoms with Crippen molar-refractivity contribution in [2.45, 2.75) is 65.5 Å². The molecule has 0 aromatic rings. The van der Waals surface area contributed by atoms with Crippen LogP contribution in [0.3, 0.4) is 0 Å². The first-order valence-corrected chi connectivity index (χ1v) is 6.90. The van der Waals surface area contributed by atoms with E-state index in [2.05, 4.69) is 5.32 Å². The van der Waals surface area contributed by atoms with Gasteiger partial charge >= 0.3 is 12.0 Å². The second-order valence-corrected chi connectivity index (χ2v) is 6.72. The molecule has 1 rings (SSSR count). The first kappa shape index (κ1) is 15.8. The summed E-state index contributed by atoms with van der Waals surface area (Å²) in [4.78, 5) is 25.3. The van der Waals surface area contributed by atoms with Gasteiger partial charge in [0.05, 0.1) is 0 Å². The highest BCUT2D eigenvalue weighted by atomic mass is 16.4. The van der Waals surface area contributed by atoms with Crippen molar-refractivity contribution >= 4 is 12.0 Å². The van der Waals surface area contributed by atoms with Crippen molar-refractivity contribution in [1.29, 1.82) is 0 Å². The normalized spacial score (nSPS) is 25.8. The van der Waals surface area contributed by atoms with Crippen LogP contribution in [-0.2, 0) is 4.79 Å². The van der Waals surface area contributed by atoms with Gasteiger partial charge in [-0.3, -0.25) is 0 Å². The van der Waals surface area contributed by atoms with Crippen LogP contribution in [0, 0.1) is 5.41 Å². The zero-order chi connectivity index (χ0) is 14.8. The van der Waals surface area contributed by atoms with Crippen molar-refractivity contribution in [3.63, 3.8) is 0 Å². The Morgan fingerprint density at radius 1 is 1.32 bits per heavy atom. The lowest BCUT2D eigenvalue weighted by molar-refractivity contribution is -0.150. The topological polar surface area (TPSA) is 69.6 Å². The minimum Gasteiger partial charge on any atom is -0.480 e. The summed E-state index contributed by atoms with van der Waals surface area (Å²) in [5.74, 6) is -0.925. The highest BCUT2D eigenvalue weighted by Crippen LogP contribution is 2.29. The number of rotatable bonds is 2. The van der Waals surface area contributed by atoms with E-state index in [-0.39, 0.29) is 17.5 Å². The molecule has 0 aromatic carbocycles. The van der Waals surface area contributed by atoms with Crippen LogP contribution < -0.4 is 5.32 Å². The van der Waals surface area contributed by atoms with Gasteiger partial charge in [0.25, 0.3) is 0 Å². The average Bonchev–Trinajstić information content (AvgIpc) is 2.27. The Morgan fingerprint density at radius 2 is 1.89 bits per heavy atom. The molecule has 0 bridgehead atoms. The number of carboxylic acids is 1. The summed E-state index contributed by atoms with van der Waals surface area (Å²) in [6, 6.07) is -0.285. The molecule has 2 atom stereocenters. The summed E-state index contributed by atoms with van der Waals surface area (Å²) in [5, 5.41) is 12.3. The van der Waals surface area contributed by atoms with Crippen molar-refractivity contribution in [3.05, 3.63) is 0 Å². The van der Waals surface area contributed by atoms with Crippen LogP contribution in [0.25, 0.3) is 0 Å². The number of carboxylic acid groups (broad SMARTS) is 1. The monoisotopic (exact) mass is 270 g/mol. The Hall–Kier alpha value is -1.26. The minimum absolute atomic E-state index is 0.0139. The van der Waals surface area contributed by atoms with Gasteiger partial charge in [0, 0.05) is 12.6 Å². The number of nitrogens with zero attached hydrogens (tertiary/aromatic N) is 1. The van der Waals surface area contributed by atoms with Gasteiger partial charge in [-0.1, -0.05) is 20.8 Å². The number of hydrogen-bond donors (Lipinski definition) is 2. The van der Waals surface area contributed by atoms with Crippen molar-refractivity contribution in [2.75, 3.05) is 6.54 Å². The van der Waals surface area contributed by atoms with Crippen LogP contribution in [0.1, 0.15) is 53.9 Å². The second kappa shape index (κ2) is 5.39. The quantitative estimate of drug-likeness (QED) is 0.809. The fraction of sp³-hybridized carbons (Fsp3) is 0.857. The molecule has 0 radical (unpaired) electrons. The van der Waals surface area contributed by atoms with Gasteiger partial charge in [-0.25, -0.2) is 9.59 Å². The van der Waals surface area contributed by atoms with Crippen molar-refractivity contribution in [1.82, 2.24) is 10.2 Å². The molecule has 1 fully saturated rings. The molecule has 1 aliphatic rings. The summed E-state index contributed by atoms with van der Waals surface area (Å²) >= 11 is 0. The lowest BCUT2D eigenvalue weighted by atomic mass is 9.87. The van der Waals surface area contributed by atoms with Crippen LogP contribution in [0.15, 0.2) is 0 Å². The Kier molecular flexibility index (Phi) is 4.48. The van der Waals surface area contributed by atoms with E-state index in [1.807, 2.05) is 27.7 Å². The molecule has 2 unspecified atom stereocenters.